The zero-order valence-corrected chi connectivity index (χ0v) is 13.4. The Hall–Kier alpha value is -2.82. The summed E-state index contributed by atoms with van der Waals surface area (Å²) in [6.45, 7) is 0. The van der Waals surface area contributed by atoms with Crippen LogP contribution in [0.3, 0.4) is 0 Å². The van der Waals surface area contributed by atoms with Crippen molar-refractivity contribution in [1.82, 2.24) is 4.90 Å². The molecule has 0 saturated heterocycles. The molecule has 2 aromatic carbocycles. The number of carbonyl (C=O) groups is 2. The molecule has 0 aliphatic carbocycles. The van der Waals surface area contributed by atoms with Gasteiger partial charge in [-0.15, -0.1) is 0 Å². The molecule has 2 rings (SSSR count). The van der Waals surface area contributed by atoms with E-state index in [0.29, 0.717) is 29.8 Å². The van der Waals surface area contributed by atoms with E-state index < -0.39 is 0 Å². The Morgan fingerprint density at radius 2 is 1.78 bits per heavy atom. The van der Waals surface area contributed by atoms with E-state index in [-0.39, 0.29) is 11.8 Å². The Balaban J connectivity index is 1.89. The summed E-state index contributed by atoms with van der Waals surface area (Å²) in [5, 5.41) is 2.83. The molecule has 5 heteroatoms. The van der Waals surface area contributed by atoms with E-state index in [1.807, 2.05) is 24.3 Å². The largest absolute Gasteiger partial charge is 0.399 e. The average Bonchev–Trinajstić information content (AvgIpc) is 2.53. The van der Waals surface area contributed by atoms with E-state index in [1.54, 1.807) is 38.4 Å². The standard InChI is InChI=1S/C18H21N3O2/c1-21(2)18(23)14-7-9-16(10-8-14)20-17(22)11-6-13-4-3-5-15(19)12-13/h3-5,7-10,12H,6,11,19H2,1-2H3,(H,20,22). The third-order valence-electron chi connectivity index (χ3n) is 3.41. The molecule has 0 fully saturated rings. The first kappa shape index (κ1) is 16.5. The molecule has 0 bridgehead atoms. The highest BCUT2D eigenvalue weighted by Gasteiger charge is 2.08. The van der Waals surface area contributed by atoms with Crippen LogP contribution in [0.4, 0.5) is 11.4 Å². The van der Waals surface area contributed by atoms with Crippen molar-refractivity contribution in [3.63, 3.8) is 0 Å². The van der Waals surface area contributed by atoms with Gasteiger partial charge in [0.05, 0.1) is 0 Å². The lowest BCUT2D eigenvalue weighted by Gasteiger charge is -2.11. The Kier molecular flexibility index (Phi) is 5.36. The van der Waals surface area contributed by atoms with E-state index in [9.17, 15) is 9.59 Å². The van der Waals surface area contributed by atoms with Crippen molar-refractivity contribution in [3.8, 4) is 0 Å². The predicted octanol–water partition coefficient (Wildman–Crippen LogP) is 2.54. The molecule has 120 valence electrons. The number of rotatable bonds is 5. The highest BCUT2D eigenvalue weighted by Crippen LogP contribution is 2.13. The highest BCUT2D eigenvalue weighted by molar-refractivity contribution is 5.95. The molecule has 0 unspecified atom stereocenters. The summed E-state index contributed by atoms with van der Waals surface area (Å²) >= 11 is 0. The Labute approximate surface area is 136 Å². The Morgan fingerprint density at radius 1 is 1.09 bits per heavy atom. The summed E-state index contributed by atoms with van der Waals surface area (Å²) < 4.78 is 0. The summed E-state index contributed by atoms with van der Waals surface area (Å²) in [6.07, 6.45) is 1.01. The Morgan fingerprint density at radius 3 is 2.39 bits per heavy atom. The normalized spacial score (nSPS) is 10.2. The molecule has 5 nitrogen and oxygen atoms in total. The molecular weight excluding hydrogens is 290 g/mol. The maximum Gasteiger partial charge on any atom is 0.253 e. The molecule has 0 aliphatic rings. The lowest BCUT2D eigenvalue weighted by molar-refractivity contribution is -0.116. The number of carbonyl (C=O) groups excluding carboxylic acids is 2. The van der Waals surface area contributed by atoms with Crippen molar-refractivity contribution in [1.29, 1.82) is 0 Å². The first-order valence-electron chi connectivity index (χ1n) is 7.41. The zero-order valence-electron chi connectivity index (χ0n) is 13.4. The van der Waals surface area contributed by atoms with Crippen LogP contribution < -0.4 is 11.1 Å². The quantitative estimate of drug-likeness (QED) is 0.833. The van der Waals surface area contributed by atoms with Crippen molar-refractivity contribution >= 4 is 23.2 Å². The fraction of sp³-hybridized carbons (Fsp3) is 0.222. The van der Waals surface area contributed by atoms with Crippen LogP contribution in [0, 0.1) is 0 Å². The molecule has 2 amide bonds. The molecular formula is C18H21N3O2. The number of anilines is 2. The van der Waals surface area contributed by atoms with Gasteiger partial charge in [-0.25, -0.2) is 0 Å². The van der Waals surface area contributed by atoms with Gasteiger partial charge in [-0.05, 0) is 48.4 Å². The summed E-state index contributed by atoms with van der Waals surface area (Å²) in [7, 11) is 3.41. The number of hydrogen-bond acceptors (Lipinski definition) is 3. The minimum Gasteiger partial charge on any atom is -0.399 e. The van der Waals surface area contributed by atoms with Crippen LogP contribution in [0.2, 0.25) is 0 Å². The average molecular weight is 311 g/mol. The summed E-state index contributed by atoms with van der Waals surface area (Å²) in [5.41, 5.74) is 8.72. The van der Waals surface area contributed by atoms with E-state index >= 15 is 0 Å². The second-order valence-corrected chi connectivity index (χ2v) is 5.57. The minimum absolute atomic E-state index is 0.0652. The number of amides is 2. The van der Waals surface area contributed by atoms with Crippen LogP contribution in [0.1, 0.15) is 22.3 Å². The predicted molar refractivity (Wildman–Crippen MR) is 92.3 cm³/mol. The fourth-order valence-electron chi connectivity index (χ4n) is 2.18. The molecule has 3 N–H and O–H groups in total. The number of nitrogens with two attached hydrogens (primary N) is 1. The lowest BCUT2D eigenvalue weighted by Crippen LogP contribution is -2.21. The van der Waals surface area contributed by atoms with Crippen LogP contribution in [0.25, 0.3) is 0 Å². The molecule has 0 aliphatic heterocycles. The lowest BCUT2D eigenvalue weighted by atomic mass is 10.1. The van der Waals surface area contributed by atoms with Gasteiger partial charge in [0, 0.05) is 37.5 Å². The molecule has 23 heavy (non-hydrogen) atoms. The van der Waals surface area contributed by atoms with Gasteiger partial charge in [-0.1, -0.05) is 12.1 Å². The van der Waals surface area contributed by atoms with Gasteiger partial charge in [0.15, 0.2) is 0 Å². The van der Waals surface area contributed by atoms with Crippen molar-refractivity contribution in [2.45, 2.75) is 12.8 Å². The van der Waals surface area contributed by atoms with E-state index in [4.69, 9.17) is 5.73 Å². The third kappa shape index (κ3) is 4.85. The van der Waals surface area contributed by atoms with Crippen LogP contribution >= 0.6 is 0 Å². The van der Waals surface area contributed by atoms with E-state index in [2.05, 4.69) is 5.32 Å². The van der Waals surface area contributed by atoms with Gasteiger partial charge in [-0.2, -0.15) is 0 Å². The monoisotopic (exact) mass is 311 g/mol. The maximum atomic E-state index is 12.0. The summed E-state index contributed by atoms with van der Waals surface area (Å²) in [4.78, 5) is 25.3. The van der Waals surface area contributed by atoms with Gasteiger partial charge < -0.3 is 16.0 Å². The Bertz CT molecular complexity index is 694. The highest BCUT2D eigenvalue weighted by atomic mass is 16.2. The van der Waals surface area contributed by atoms with Crippen LogP contribution in [0.15, 0.2) is 48.5 Å². The first-order chi connectivity index (χ1) is 11.0. The van der Waals surface area contributed by atoms with Crippen molar-refractivity contribution in [3.05, 3.63) is 59.7 Å². The second-order valence-electron chi connectivity index (χ2n) is 5.57. The van der Waals surface area contributed by atoms with Crippen molar-refractivity contribution < 1.29 is 9.59 Å². The number of nitrogens with one attached hydrogen (secondary N) is 1. The molecule has 0 atom stereocenters. The molecule has 0 saturated carbocycles. The number of nitrogen functional groups attached to an aromatic ring is 1. The topological polar surface area (TPSA) is 75.4 Å². The summed E-state index contributed by atoms with van der Waals surface area (Å²) in [6, 6.07) is 14.4. The molecule has 0 aromatic heterocycles. The molecule has 0 heterocycles. The van der Waals surface area contributed by atoms with E-state index in [0.717, 1.165) is 5.56 Å². The van der Waals surface area contributed by atoms with Crippen LogP contribution in [0.5, 0.6) is 0 Å². The van der Waals surface area contributed by atoms with Gasteiger partial charge in [0.2, 0.25) is 5.91 Å². The molecule has 0 radical (unpaired) electrons. The second kappa shape index (κ2) is 7.45. The van der Waals surface area contributed by atoms with Gasteiger partial charge >= 0.3 is 0 Å². The fourth-order valence-corrected chi connectivity index (χ4v) is 2.18. The number of benzene rings is 2. The van der Waals surface area contributed by atoms with Crippen LogP contribution in [-0.4, -0.2) is 30.8 Å². The number of aryl methyl sites for hydroxylation is 1. The van der Waals surface area contributed by atoms with Gasteiger partial charge in [-0.3, -0.25) is 9.59 Å². The smallest absolute Gasteiger partial charge is 0.253 e. The first-order valence-corrected chi connectivity index (χ1v) is 7.41. The minimum atomic E-state index is -0.0703. The molecule has 2 aromatic rings. The zero-order chi connectivity index (χ0) is 16.8. The SMILES string of the molecule is CN(C)C(=O)c1ccc(NC(=O)CCc2cccc(N)c2)cc1. The van der Waals surface area contributed by atoms with Crippen molar-refractivity contribution in [2.24, 2.45) is 0 Å². The van der Waals surface area contributed by atoms with Crippen LogP contribution in [-0.2, 0) is 11.2 Å². The third-order valence-corrected chi connectivity index (χ3v) is 3.41. The molecule has 0 spiro atoms. The van der Waals surface area contributed by atoms with Gasteiger partial charge in [0.1, 0.15) is 0 Å². The number of hydrogen-bond donors (Lipinski definition) is 2. The number of nitrogens with zero attached hydrogens (tertiary/aromatic N) is 1. The van der Waals surface area contributed by atoms with Gasteiger partial charge in [0.25, 0.3) is 5.91 Å². The summed E-state index contributed by atoms with van der Waals surface area (Å²) in [5.74, 6) is -0.136. The maximum absolute atomic E-state index is 12.0. The van der Waals surface area contributed by atoms with Crippen molar-refractivity contribution in [2.75, 3.05) is 25.1 Å². The van der Waals surface area contributed by atoms with E-state index in [1.165, 1.54) is 4.90 Å².